The molecule has 1 atom stereocenters. The number of amides is 1. The summed E-state index contributed by atoms with van der Waals surface area (Å²) in [5.74, 6) is -0.0948. The molecule has 0 spiro atoms. The number of hydrogen-bond acceptors (Lipinski definition) is 2. The van der Waals surface area contributed by atoms with Crippen LogP contribution in [-0.2, 0) is 4.79 Å². The molecule has 3 N–H and O–H groups in total. The Hall–Kier alpha value is -1.61. The van der Waals surface area contributed by atoms with Gasteiger partial charge in [-0.2, -0.15) is 0 Å². The number of carbonyl (C=O) groups is 1. The highest BCUT2D eigenvalue weighted by molar-refractivity contribution is 5.82. The van der Waals surface area contributed by atoms with E-state index in [2.05, 4.69) is 11.4 Å². The van der Waals surface area contributed by atoms with Crippen LogP contribution in [0.5, 0.6) is 0 Å². The summed E-state index contributed by atoms with van der Waals surface area (Å²) in [6.07, 6.45) is 8.21. The second kappa shape index (κ2) is 7.10. The first kappa shape index (κ1) is 13.8. The van der Waals surface area contributed by atoms with Crippen LogP contribution >= 0.6 is 0 Å². The molecule has 19 heavy (non-hydrogen) atoms. The zero-order chi connectivity index (χ0) is 13.5. The molecule has 1 aliphatic carbocycles. The van der Waals surface area contributed by atoms with Gasteiger partial charge in [-0.15, -0.1) is 0 Å². The number of rotatable bonds is 5. The van der Waals surface area contributed by atoms with Gasteiger partial charge in [-0.25, -0.2) is 0 Å². The second-order valence-corrected chi connectivity index (χ2v) is 5.04. The van der Waals surface area contributed by atoms with Crippen LogP contribution in [0.1, 0.15) is 43.7 Å². The van der Waals surface area contributed by atoms with Gasteiger partial charge in [0.1, 0.15) is 6.04 Å². The van der Waals surface area contributed by atoms with Crippen molar-refractivity contribution >= 4 is 5.91 Å². The number of nitrogens with one attached hydrogen (secondary N) is 1. The van der Waals surface area contributed by atoms with E-state index < -0.39 is 6.04 Å². The highest BCUT2D eigenvalue weighted by atomic mass is 16.2. The second-order valence-electron chi connectivity index (χ2n) is 5.04. The van der Waals surface area contributed by atoms with Crippen molar-refractivity contribution in [1.29, 1.82) is 0 Å². The summed E-state index contributed by atoms with van der Waals surface area (Å²) in [6, 6.07) is 8.91. The number of nitrogens with two attached hydrogens (primary N) is 1. The summed E-state index contributed by atoms with van der Waals surface area (Å²) < 4.78 is 0. The van der Waals surface area contributed by atoms with Gasteiger partial charge in [0, 0.05) is 6.54 Å². The molecule has 3 nitrogen and oxygen atoms in total. The largest absolute Gasteiger partial charge is 0.354 e. The van der Waals surface area contributed by atoms with Crippen molar-refractivity contribution in [2.24, 2.45) is 5.73 Å². The van der Waals surface area contributed by atoms with Gasteiger partial charge in [-0.1, -0.05) is 42.0 Å². The first-order chi connectivity index (χ1) is 9.27. The minimum Gasteiger partial charge on any atom is -0.354 e. The lowest BCUT2D eigenvalue weighted by atomic mass is 9.97. The topological polar surface area (TPSA) is 55.1 Å². The lowest BCUT2D eigenvalue weighted by molar-refractivity contribution is -0.122. The maximum atomic E-state index is 11.9. The Morgan fingerprint density at radius 2 is 2.05 bits per heavy atom. The van der Waals surface area contributed by atoms with Crippen LogP contribution in [0, 0.1) is 0 Å². The fourth-order valence-corrected chi connectivity index (χ4v) is 2.40. The maximum absolute atomic E-state index is 11.9. The lowest BCUT2D eigenvalue weighted by Crippen LogP contribution is -2.34. The first-order valence-electron chi connectivity index (χ1n) is 7.03. The molecule has 0 bridgehead atoms. The Labute approximate surface area is 114 Å². The van der Waals surface area contributed by atoms with Gasteiger partial charge < -0.3 is 11.1 Å². The average Bonchev–Trinajstić information content (AvgIpc) is 2.48. The molecule has 0 heterocycles. The van der Waals surface area contributed by atoms with E-state index in [1.54, 1.807) is 0 Å². The summed E-state index contributed by atoms with van der Waals surface area (Å²) in [7, 11) is 0. The van der Waals surface area contributed by atoms with E-state index in [0.29, 0.717) is 6.54 Å². The molecule has 1 aliphatic rings. The molecule has 3 heteroatoms. The van der Waals surface area contributed by atoms with Gasteiger partial charge in [0.25, 0.3) is 0 Å². The van der Waals surface area contributed by atoms with E-state index in [1.165, 1.54) is 31.3 Å². The van der Waals surface area contributed by atoms with E-state index in [-0.39, 0.29) is 5.91 Å². The Bertz CT molecular complexity index is 439. The smallest absolute Gasteiger partial charge is 0.241 e. The standard InChI is InChI=1S/C16H22N2O/c17-15(14-9-5-2-6-10-14)16(19)18-12-11-13-7-3-1-4-8-13/h2,5-7,9-10,15H,1,3-4,8,11-12,17H2,(H,18,19). The summed E-state index contributed by atoms with van der Waals surface area (Å²) in [5.41, 5.74) is 8.26. The molecule has 1 aromatic carbocycles. The van der Waals surface area contributed by atoms with Crippen molar-refractivity contribution in [1.82, 2.24) is 5.32 Å². The molecule has 1 amide bonds. The van der Waals surface area contributed by atoms with E-state index in [4.69, 9.17) is 5.73 Å². The Balaban J connectivity index is 1.76. The van der Waals surface area contributed by atoms with Gasteiger partial charge in [0.15, 0.2) is 0 Å². The molecule has 0 fully saturated rings. The van der Waals surface area contributed by atoms with Gasteiger partial charge >= 0.3 is 0 Å². The van der Waals surface area contributed by atoms with Crippen molar-refractivity contribution in [2.75, 3.05) is 6.54 Å². The zero-order valence-corrected chi connectivity index (χ0v) is 11.3. The Morgan fingerprint density at radius 1 is 1.26 bits per heavy atom. The third-order valence-electron chi connectivity index (χ3n) is 3.57. The van der Waals surface area contributed by atoms with Crippen LogP contribution in [0.2, 0.25) is 0 Å². The summed E-state index contributed by atoms with van der Waals surface area (Å²) in [5, 5.41) is 2.92. The number of carbonyl (C=O) groups excluding carboxylic acids is 1. The third-order valence-corrected chi connectivity index (χ3v) is 3.57. The monoisotopic (exact) mass is 258 g/mol. The minimum absolute atomic E-state index is 0.0948. The van der Waals surface area contributed by atoms with Gasteiger partial charge in [-0.3, -0.25) is 4.79 Å². The van der Waals surface area contributed by atoms with Crippen LogP contribution in [0.3, 0.4) is 0 Å². The van der Waals surface area contributed by atoms with Crippen molar-refractivity contribution in [3.63, 3.8) is 0 Å². The SMILES string of the molecule is NC(C(=O)NCCC1=CCCCC1)c1ccccc1. The predicted molar refractivity (Wildman–Crippen MR) is 77.5 cm³/mol. The van der Waals surface area contributed by atoms with Crippen LogP contribution in [-0.4, -0.2) is 12.5 Å². The normalized spacial score (nSPS) is 16.6. The highest BCUT2D eigenvalue weighted by Crippen LogP contribution is 2.19. The van der Waals surface area contributed by atoms with Crippen molar-refractivity contribution in [3.05, 3.63) is 47.5 Å². The lowest BCUT2D eigenvalue weighted by Gasteiger charge is -2.15. The van der Waals surface area contributed by atoms with Gasteiger partial charge in [0.05, 0.1) is 0 Å². The molecular formula is C16H22N2O. The van der Waals surface area contributed by atoms with Crippen molar-refractivity contribution in [2.45, 2.75) is 38.1 Å². The molecule has 0 aromatic heterocycles. The molecule has 1 unspecified atom stereocenters. The first-order valence-corrected chi connectivity index (χ1v) is 7.03. The van der Waals surface area contributed by atoms with E-state index in [1.807, 2.05) is 30.3 Å². The molecule has 2 rings (SSSR count). The zero-order valence-electron chi connectivity index (χ0n) is 11.3. The molecule has 1 aromatic rings. The fourth-order valence-electron chi connectivity index (χ4n) is 2.40. The third kappa shape index (κ3) is 4.21. The Morgan fingerprint density at radius 3 is 2.74 bits per heavy atom. The van der Waals surface area contributed by atoms with E-state index in [0.717, 1.165) is 12.0 Å². The van der Waals surface area contributed by atoms with Crippen LogP contribution in [0.15, 0.2) is 42.0 Å². The summed E-state index contributed by atoms with van der Waals surface area (Å²) >= 11 is 0. The van der Waals surface area contributed by atoms with Gasteiger partial charge in [-0.05, 0) is 37.7 Å². The van der Waals surface area contributed by atoms with E-state index in [9.17, 15) is 4.79 Å². The van der Waals surface area contributed by atoms with Crippen LogP contribution in [0.4, 0.5) is 0 Å². The number of benzene rings is 1. The van der Waals surface area contributed by atoms with Crippen LogP contribution in [0.25, 0.3) is 0 Å². The fraction of sp³-hybridized carbons (Fsp3) is 0.438. The van der Waals surface area contributed by atoms with Crippen molar-refractivity contribution in [3.8, 4) is 0 Å². The van der Waals surface area contributed by atoms with Gasteiger partial charge in [0.2, 0.25) is 5.91 Å². The molecule has 102 valence electrons. The molecule has 0 radical (unpaired) electrons. The minimum atomic E-state index is -0.568. The molecule has 0 aliphatic heterocycles. The average molecular weight is 258 g/mol. The summed E-state index contributed by atoms with van der Waals surface area (Å²) in [6.45, 7) is 0.686. The predicted octanol–water partition coefficient (Wildman–Crippen LogP) is 2.69. The van der Waals surface area contributed by atoms with Crippen molar-refractivity contribution < 1.29 is 4.79 Å². The molecule has 0 saturated carbocycles. The number of hydrogen-bond donors (Lipinski definition) is 2. The van der Waals surface area contributed by atoms with E-state index >= 15 is 0 Å². The quantitative estimate of drug-likeness (QED) is 0.798. The van der Waals surface area contributed by atoms with Crippen LogP contribution < -0.4 is 11.1 Å². The summed E-state index contributed by atoms with van der Waals surface area (Å²) in [4.78, 5) is 11.9. The molecular weight excluding hydrogens is 236 g/mol. The Kier molecular flexibility index (Phi) is 5.16. The molecule has 0 saturated heterocycles. The number of allylic oxidation sites excluding steroid dienone is 1. The maximum Gasteiger partial charge on any atom is 0.241 e. The highest BCUT2D eigenvalue weighted by Gasteiger charge is 2.14.